The van der Waals surface area contributed by atoms with E-state index in [1.165, 1.54) is 0 Å². The number of rotatable bonds is 4. The summed E-state index contributed by atoms with van der Waals surface area (Å²) >= 11 is 0. The minimum atomic E-state index is -4.02. The van der Waals surface area contributed by atoms with Crippen molar-refractivity contribution in [1.82, 2.24) is 10.4 Å². The van der Waals surface area contributed by atoms with Crippen LogP contribution >= 0.6 is 0 Å². The van der Waals surface area contributed by atoms with E-state index in [2.05, 4.69) is 5.43 Å². The van der Waals surface area contributed by atoms with Gasteiger partial charge in [-0.25, -0.2) is 0 Å². The maximum atomic E-state index is 11.5. The van der Waals surface area contributed by atoms with Crippen LogP contribution in [0.1, 0.15) is 12.8 Å². The molecule has 0 aliphatic carbocycles. The zero-order valence-electron chi connectivity index (χ0n) is 6.70. The second-order valence-corrected chi connectivity index (χ2v) is 2.52. The van der Waals surface area contributed by atoms with Gasteiger partial charge in [-0.15, -0.1) is 0 Å². The predicted molar refractivity (Wildman–Crippen MR) is 37.0 cm³/mol. The van der Waals surface area contributed by atoms with Gasteiger partial charge in [0, 0.05) is 27.1 Å². The van der Waals surface area contributed by atoms with Crippen LogP contribution in [0.3, 0.4) is 0 Å². The molecule has 0 spiro atoms. The lowest BCUT2D eigenvalue weighted by Crippen LogP contribution is -2.31. The lowest BCUT2D eigenvalue weighted by Gasteiger charge is -2.12. The Morgan fingerprint density at radius 1 is 1.27 bits per heavy atom. The van der Waals surface area contributed by atoms with E-state index in [9.17, 15) is 13.2 Å². The van der Waals surface area contributed by atoms with Gasteiger partial charge in [0.15, 0.2) is 0 Å². The molecular weight excluding hydrogens is 157 g/mol. The van der Waals surface area contributed by atoms with E-state index in [-0.39, 0.29) is 6.42 Å². The summed E-state index contributed by atoms with van der Waals surface area (Å²) in [5, 5.41) is 1.64. The molecule has 0 amide bonds. The number of hydrogen-bond acceptors (Lipinski definition) is 2. The average Bonchev–Trinajstić information content (AvgIpc) is 1.78. The Kier molecular flexibility index (Phi) is 4.44. The fourth-order valence-electron chi connectivity index (χ4n) is 0.591. The highest BCUT2D eigenvalue weighted by molar-refractivity contribution is 4.51. The lowest BCUT2D eigenvalue weighted by atomic mass is 10.3. The molecule has 0 aromatic heterocycles. The van der Waals surface area contributed by atoms with Gasteiger partial charge in [-0.05, 0) is 6.42 Å². The molecule has 0 radical (unpaired) electrons. The first kappa shape index (κ1) is 10.7. The Morgan fingerprint density at radius 3 is 2.18 bits per heavy atom. The average molecular weight is 170 g/mol. The van der Waals surface area contributed by atoms with Crippen LogP contribution in [0.25, 0.3) is 0 Å². The van der Waals surface area contributed by atoms with Crippen molar-refractivity contribution in [2.45, 2.75) is 19.0 Å². The van der Waals surface area contributed by atoms with Gasteiger partial charge in [-0.1, -0.05) is 0 Å². The van der Waals surface area contributed by atoms with Gasteiger partial charge in [0.05, 0.1) is 0 Å². The molecule has 0 rings (SSSR count). The van der Waals surface area contributed by atoms with Crippen molar-refractivity contribution in [1.29, 1.82) is 0 Å². The van der Waals surface area contributed by atoms with Gasteiger partial charge in [0.2, 0.25) is 0 Å². The topological polar surface area (TPSA) is 15.3 Å². The zero-order chi connectivity index (χ0) is 8.91. The summed E-state index contributed by atoms with van der Waals surface area (Å²) in [6, 6.07) is 0. The molecule has 0 atom stereocenters. The third kappa shape index (κ3) is 9.71. The molecule has 0 unspecified atom stereocenters. The monoisotopic (exact) mass is 170 g/mol. The van der Waals surface area contributed by atoms with Crippen molar-refractivity contribution in [2.75, 3.05) is 20.6 Å². The summed E-state index contributed by atoms with van der Waals surface area (Å²) < 4.78 is 34.6. The van der Waals surface area contributed by atoms with Gasteiger partial charge in [-0.3, -0.25) is 10.4 Å². The highest BCUT2D eigenvalue weighted by Gasteiger charge is 2.25. The van der Waals surface area contributed by atoms with E-state index < -0.39 is 12.6 Å². The molecule has 0 aliphatic rings. The van der Waals surface area contributed by atoms with E-state index in [0.29, 0.717) is 6.54 Å². The number of nitrogens with one attached hydrogen (secondary N) is 1. The third-order valence-corrected chi connectivity index (χ3v) is 1.07. The fourth-order valence-corrected chi connectivity index (χ4v) is 0.591. The standard InChI is InChI=1S/C6H13F3N2/c1-11(2)10-5-3-4-6(7,8)9/h10H,3-5H2,1-2H3. The largest absolute Gasteiger partial charge is 0.389 e. The van der Waals surface area contributed by atoms with Crippen molar-refractivity contribution < 1.29 is 13.2 Å². The summed E-state index contributed by atoms with van der Waals surface area (Å²) in [5.74, 6) is 0. The van der Waals surface area contributed by atoms with Crippen LogP contribution in [0.15, 0.2) is 0 Å². The van der Waals surface area contributed by atoms with E-state index in [4.69, 9.17) is 0 Å². The number of halogens is 3. The van der Waals surface area contributed by atoms with Crippen molar-refractivity contribution in [2.24, 2.45) is 0 Å². The van der Waals surface area contributed by atoms with Crippen molar-refractivity contribution in [3.63, 3.8) is 0 Å². The minimum absolute atomic E-state index is 0.127. The number of hydrazine groups is 1. The first-order valence-electron chi connectivity index (χ1n) is 3.39. The molecule has 1 N–H and O–H groups in total. The maximum absolute atomic E-state index is 11.5. The number of nitrogens with zero attached hydrogens (tertiary/aromatic N) is 1. The molecule has 0 bridgehead atoms. The van der Waals surface area contributed by atoms with Crippen molar-refractivity contribution in [3.8, 4) is 0 Å². The quantitative estimate of drug-likeness (QED) is 0.506. The Bertz CT molecular complexity index is 100. The van der Waals surface area contributed by atoms with Gasteiger partial charge in [0.25, 0.3) is 0 Å². The van der Waals surface area contributed by atoms with Gasteiger partial charge in [0.1, 0.15) is 0 Å². The number of hydrogen-bond donors (Lipinski definition) is 1. The second-order valence-electron chi connectivity index (χ2n) is 2.52. The normalized spacial score (nSPS) is 12.5. The first-order valence-corrected chi connectivity index (χ1v) is 3.39. The van der Waals surface area contributed by atoms with Crippen LogP contribution < -0.4 is 5.43 Å². The smallest absolute Gasteiger partial charge is 0.256 e. The summed E-state index contributed by atoms with van der Waals surface area (Å²) in [6.45, 7) is 0.368. The molecule has 2 nitrogen and oxygen atoms in total. The maximum Gasteiger partial charge on any atom is 0.389 e. The van der Waals surface area contributed by atoms with Crippen LogP contribution in [-0.2, 0) is 0 Å². The molecule has 5 heteroatoms. The van der Waals surface area contributed by atoms with Crippen molar-refractivity contribution >= 4 is 0 Å². The zero-order valence-corrected chi connectivity index (χ0v) is 6.70. The fraction of sp³-hybridized carbons (Fsp3) is 1.00. The highest BCUT2D eigenvalue weighted by atomic mass is 19.4. The molecule has 0 saturated carbocycles. The molecule has 68 valence electrons. The molecule has 0 saturated heterocycles. The Balaban J connectivity index is 3.15. The molecular formula is C6H13F3N2. The molecule has 0 aromatic rings. The van der Waals surface area contributed by atoms with Crippen molar-refractivity contribution in [3.05, 3.63) is 0 Å². The second kappa shape index (κ2) is 4.56. The molecule has 11 heavy (non-hydrogen) atoms. The van der Waals surface area contributed by atoms with Gasteiger partial charge in [-0.2, -0.15) is 13.2 Å². The molecule has 0 aromatic carbocycles. The predicted octanol–water partition coefficient (Wildman–Crippen LogP) is 1.40. The summed E-state index contributed by atoms with van der Waals surface area (Å²) in [7, 11) is 3.49. The highest BCUT2D eigenvalue weighted by Crippen LogP contribution is 2.20. The third-order valence-electron chi connectivity index (χ3n) is 1.07. The SMILES string of the molecule is CN(C)NCCCC(F)(F)F. The van der Waals surface area contributed by atoms with E-state index in [0.717, 1.165) is 0 Å². The molecule has 0 fully saturated rings. The number of alkyl halides is 3. The molecule has 0 heterocycles. The van der Waals surface area contributed by atoms with Crippen LogP contribution in [0.4, 0.5) is 13.2 Å². The Hall–Kier alpha value is -0.290. The van der Waals surface area contributed by atoms with Gasteiger partial charge < -0.3 is 0 Å². The van der Waals surface area contributed by atoms with Crippen LogP contribution in [0.2, 0.25) is 0 Å². The van der Waals surface area contributed by atoms with Crippen LogP contribution in [0.5, 0.6) is 0 Å². The van der Waals surface area contributed by atoms with E-state index in [1.54, 1.807) is 19.1 Å². The Labute approximate surface area is 64.3 Å². The van der Waals surface area contributed by atoms with E-state index in [1.807, 2.05) is 0 Å². The molecule has 0 aliphatic heterocycles. The summed E-state index contributed by atoms with van der Waals surface area (Å²) in [6.07, 6.45) is -4.61. The van der Waals surface area contributed by atoms with Gasteiger partial charge >= 0.3 is 6.18 Å². The minimum Gasteiger partial charge on any atom is -0.256 e. The Morgan fingerprint density at radius 2 is 1.82 bits per heavy atom. The lowest BCUT2D eigenvalue weighted by molar-refractivity contribution is -0.135. The van der Waals surface area contributed by atoms with Crippen LogP contribution in [0, 0.1) is 0 Å². The summed E-state index contributed by atoms with van der Waals surface area (Å²) in [5.41, 5.74) is 2.75. The summed E-state index contributed by atoms with van der Waals surface area (Å²) in [4.78, 5) is 0. The van der Waals surface area contributed by atoms with E-state index >= 15 is 0 Å². The first-order chi connectivity index (χ1) is 4.92. The van der Waals surface area contributed by atoms with Crippen LogP contribution in [-0.4, -0.2) is 31.8 Å².